The van der Waals surface area contributed by atoms with E-state index in [2.05, 4.69) is 24.3 Å². The number of halogens is 1. The first-order chi connectivity index (χ1) is 9.85. The van der Waals surface area contributed by atoms with Gasteiger partial charge in [-0.2, -0.15) is 5.10 Å². The van der Waals surface area contributed by atoms with Gasteiger partial charge in [0.1, 0.15) is 5.02 Å². The Morgan fingerprint density at radius 3 is 2.67 bits per heavy atom. The van der Waals surface area contributed by atoms with Crippen LogP contribution in [-0.4, -0.2) is 47.9 Å². The number of aromatic nitrogens is 2. The molecule has 1 heterocycles. The van der Waals surface area contributed by atoms with Crippen LogP contribution in [0.4, 0.5) is 5.69 Å². The molecule has 21 heavy (non-hydrogen) atoms. The average molecular weight is 316 g/mol. The monoisotopic (exact) mass is 315 g/mol. The zero-order valence-electron chi connectivity index (χ0n) is 13.3. The van der Waals surface area contributed by atoms with Gasteiger partial charge in [0.25, 0.3) is 5.56 Å². The molecule has 0 aliphatic heterocycles. The smallest absolute Gasteiger partial charge is 0.287 e. The first-order valence-corrected chi connectivity index (χ1v) is 7.59. The summed E-state index contributed by atoms with van der Waals surface area (Å²) in [7, 11) is 3.89. The Kier molecular flexibility index (Phi) is 7.14. The Morgan fingerprint density at radius 1 is 1.48 bits per heavy atom. The van der Waals surface area contributed by atoms with E-state index < -0.39 is 0 Å². The molecule has 6 nitrogen and oxygen atoms in total. The standard InChI is InChI=1S/C14H26ClN5O/c1-10(2)7-11(8-16)18-12-9-17-20(6-5-19(3)4)14(21)13(12)15/h9-11,18H,5-8,16H2,1-4H3. The molecule has 0 amide bonds. The number of nitrogens with one attached hydrogen (secondary N) is 1. The van der Waals surface area contributed by atoms with Crippen molar-refractivity contribution in [2.45, 2.75) is 32.9 Å². The fourth-order valence-corrected chi connectivity index (χ4v) is 2.22. The average Bonchev–Trinajstić information content (AvgIpc) is 2.41. The summed E-state index contributed by atoms with van der Waals surface area (Å²) in [6.45, 7) is 5.98. The summed E-state index contributed by atoms with van der Waals surface area (Å²) in [5.74, 6) is 0.512. The Hall–Kier alpha value is -1.11. The van der Waals surface area contributed by atoms with Crippen LogP contribution in [-0.2, 0) is 6.54 Å². The van der Waals surface area contributed by atoms with Gasteiger partial charge in [-0.15, -0.1) is 0 Å². The number of nitrogens with two attached hydrogens (primary N) is 1. The van der Waals surface area contributed by atoms with Gasteiger partial charge in [0.05, 0.1) is 18.4 Å². The van der Waals surface area contributed by atoms with Gasteiger partial charge in [-0.3, -0.25) is 4.79 Å². The highest BCUT2D eigenvalue weighted by atomic mass is 35.5. The maximum Gasteiger partial charge on any atom is 0.287 e. The molecule has 1 unspecified atom stereocenters. The summed E-state index contributed by atoms with van der Waals surface area (Å²) < 4.78 is 1.38. The van der Waals surface area contributed by atoms with E-state index in [4.69, 9.17) is 17.3 Å². The second-order valence-electron chi connectivity index (χ2n) is 5.91. The third-order valence-electron chi connectivity index (χ3n) is 3.14. The molecule has 0 aliphatic rings. The molecular formula is C14H26ClN5O. The van der Waals surface area contributed by atoms with Gasteiger partial charge in [0, 0.05) is 19.1 Å². The van der Waals surface area contributed by atoms with Crippen molar-refractivity contribution < 1.29 is 0 Å². The van der Waals surface area contributed by atoms with E-state index in [-0.39, 0.29) is 16.6 Å². The van der Waals surface area contributed by atoms with Gasteiger partial charge in [0.15, 0.2) is 0 Å². The molecule has 0 radical (unpaired) electrons. The lowest BCUT2D eigenvalue weighted by molar-refractivity contribution is 0.367. The van der Waals surface area contributed by atoms with Gasteiger partial charge in [-0.1, -0.05) is 25.4 Å². The topological polar surface area (TPSA) is 76.2 Å². The molecule has 0 aliphatic carbocycles. The molecule has 120 valence electrons. The summed E-state index contributed by atoms with van der Waals surface area (Å²) in [6.07, 6.45) is 2.51. The fraction of sp³-hybridized carbons (Fsp3) is 0.714. The van der Waals surface area contributed by atoms with Crippen LogP contribution in [0.15, 0.2) is 11.0 Å². The largest absolute Gasteiger partial charge is 0.378 e. The van der Waals surface area contributed by atoms with E-state index in [1.165, 1.54) is 4.68 Å². The predicted octanol–water partition coefficient (Wildman–Crippen LogP) is 1.24. The molecule has 1 atom stereocenters. The molecule has 0 spiro atoms. The van der Waals surface area contributed by atoms with Crippen molar-refractivity contribution in [2.75, 3.05) is 32.5 Å². The van der Waals surface area contributed by atoms with E-state index >= 15 is 0 Å². The van der Waals surface area contributed by atoms with Gasteiger partial charge < -0.3 is 16.0 Å². The molecule has 0 aromatic carbocycles. The number of likely N-dealkylation sites (N-methyl/N-ethyl adjacent to an activating group) is 1. The highest BCUT2D eigenvalue weighted by molar-refractivity contribution is 6.32. The number of hydrogen-bond donors (Lipinski definition) is 2. The summed E-state index contributed by atoms with van der Waals surface area (Å²) in [4.78, 5) is 14.2. The van der Waals surface area contributed by atoms with Gasteiger partial charge in [-0.25, -0.2) is 4.68 Å². The Morgan fingerprint density at radius 2 is 2.14 bits per heavy atom. The van der Waals surface area contributed by atoms with Crippen LogP contribution in [0.3, 0.4) is 0 Å². The highest BCUT2D eigenvalue weighted by Crippen LogP contribution is 2.18. The van der Waals surface area contributed by atoms with E-state index in [9.17, 15) is 4.79 Å². The van der Waals surface area contributed by atoms with Crippen molar-refractivity contribution in [3.8, 4) is 0 Å². The fourth-order valence-electron chi connectivity index (χ4n) is 2.02. The summed E-state index contributed by atoms with van der Waals surface area (Å²) >= 11 is 6.16. The van der Waals surface area contributed by atoms with Crippen LogP contribution in [0.25, 0.3) is 0 Å². The van der Waals surface area contributed by atoms with Crippen LogP contribution in [0, 0.1) is 5.92 Å². The van der Waals surface area contributed by atoms with E-state index in [0.717, 1.165) is 13.0 Å². The quantitative estimate of drug-likeness (QED) is 0.755. The van der Waals surface area contributed by atoms with E-state index in [1.54, 1.807) is 6.20 Å². The molecular weight excluding hydrogens is 290 g/mol. The molecule has 1 rings (SSSR count). The van der Waals surface area contributed by atoms with Crippen LogP contribution < -0.4 is 16.6 Å². The minimum Gasteiger partial charge on any atom is -0.378 e. The number of anilines is 1. The maximum absolute atomic E-state index is 12.2. The van der Waals surface area contributed by atoms with Crippen LogP contribution >= 0.6 is 11.6 Å². The zero-order valence-corrected chi connectivity index (χ0v) is 14.0. The Bertz CT molecular complexity index is 501. The van der Waals surface area contributed by atoms with Crippen LogP contribution in [0.1, 0.15) is 20.3 Å². The summed E-state index contributed by atoms with van der Waals surface area (Å²) in [5, 5.41) is 7.56. The molecule has 3 N–H and O–H groups in total. The van der Waals surface area contributed by atoms with Crippen molar-refractivity contribution in [1.29, 1.82) is 0 Å². The summed E-state index contributed by atoms with van der Waals surface area (Å²) in [5.41, 5.74) is 6.03. The maximum atomic E-state index is 12.2. The van der Waals surface area contributed by atoms with Crippen molar-refractivity contribution >= 4 is 17.3 Å². The van der Waals surface area contributed by atoms with Crippen molar-refractivity contribution in [2.24, 2.45) is 11.7 Å². The minimum absolute atomic E-state index is 0.0846. The second-order valence-corrected chi connectivity index (χ2v) is 6.29. The Labute approximate surface area is 131 Å². The lowest BCUT2D eigenvalue weighted by Gasteiger charge is -2.20. The highest BCUT2D eigenvalue weighted by Gasteiger charge is 2.14. The lowest BCUT2D eigenvalue weighted by Crippen LogP contribution is -2.33. The molecule has 1 aromatic heterocycles. The van der Waals surface area contributed by atoms with E-state index in [1.807, 2.05) is 19.0 Å². The van der Waals surface area contributed by atoms with Crippen LogP contribution in [0.2, 0.25) is 5.02 Å². The Balaban J connectivity index is 2.85. The summed E-state index contributed by atoms with van der Waals surface area (Å²) in [6, 6.07) is 0.0846. The third-order valence-corrected chi connectivity index (χ3v) is 3.51. The molecule has 1 aromatic rings. The second kappa shape index (κ2) is 8.36. The molecule has 0 saturated heterocycles. The van der Waals surface area contributed by atoms with Crippen molar-refractivity contribution in [1.82, 2.24) is 14.7 Å². The number of rotatable bonds is 8. The van der Waals surface area contributed by atoms with Gasteiger partial charge >= 0.3 is 0 Å². The number of nitrogens with zero attached hydrogens (tertiary/aromatic N) is 3. The third kappa shape index (κ3) is 5.65. The van der Waals surface area contributed by atoms with Gasteiger partial charge in [0.2, 0.25) is 0 Å². The van der Waals surface area contributed by atoms with Crippen molar-refractivity contribution in [3.05, 3.63) is 21.6 Å². The molecule has 0 bridgehead atoms. The normalized spacial score (nSPS) is 13.0. The van der Waals surface area contributed by atoms with Crippen molar-refractivity contribution in [3.63, 3.8) is 0 Å². The van der Waals surface area contributed by atoms with Gasteiger partial charge in [-0.05, 0) is 26.4 Å². The molecule has 0 saturated carbocycles. The lowest BCUT2D eigenvalue weighted by atomic mass is 10.0. The SMILES string of the molecule is CC(C)CC(CN)Nc1cnn(CCN(C)C)c(=O)c1Cl. The molecule has 7 heteroatoms. The number of hydrogen-bond acceptors (Lipinski definition) is 5. The van der Waals surface area contributed by atoms with E-state index in [0.29, 0.717) is 24.7 Å². The first-order valence-electron chi connectivity index (χ1n) is 7.22. The van der Waals surface area contributed by atoms with Crippen LogP contribution in [0.5, 0.6) is 0 Å². The zero-order chi connectivity index (χ0) is 16.0. The minimum atomic E-state index is -0.274. The molecule has 0 fully saturated rings. The predicted molar refractivity (Wildman–Crippen MR) is 88.0 cm³/mol. The first kappa shape index (κ1) is 17.9.